The number of halogens is 2. The molecule has 0 bridgehead atoms. The van der Waals surface area contributed by atoms with Crippen molar-refractivity contribution in [2.45, 2.75) is 50.8 Å². The van der Waals surface area contributed by atoms with Gasteiger partial charge >= 0.3 is 0 Å². The summed E-state index contributed by atoms with van der Waals surface area (Å²) in [5, 5.41) is 3.39. The van der Waals surface area contributed by atoms with Gasteiger partial charge in [-0.15, -0.1) is 0 Å². The van der Waals surface area contributed by atoms with Crippen molar-refractivity contribution in [3.05, 3.63) is 0 Å². The fourth-order valence-electron chi connectivity index (χ4n) is 2.26. The molecule has 0 radical (unpaired) electrons. The summed E-state index contributed by atoms with van der Waals surface area (Å²) in [6, 6.07) is 0.668. The average molecular weight is 205 g/mol. The zero-order valence-corrected chi connectivity index (χ0v) is 8.38. The summed E-state index contributed by atoms with van der Waals surface area (Å²) in [6.07, 6.45) is 0.365. The van der Waals surface area contributed by atoms with E-state index in [1.165, 1.54) is 0 Å². The van der Waals surface area contributed by atoms with Gasteiger partial charge in [-0.3, -0.25) is 0 Å². The summed E-state index contributed by atoms with van der Waals surface area (Å²) < 4.78 is 29.8. The number of nitrogens with one attached hydrogen (secondary N) is 1. The van der Waals surface area contributed by atoms with Crippen molar-refractivity contribution in [1.82, 2.24) is 5.32 Å². The molecule has 2 unspecified atom stereocenters. The predicted octanol–water partition coefficient (Wildman–Crippen LogP) is 1.80. The lowest BCUT2D eigenvalue weighted by Gasteiger charge is -2.37. The molecule has 1 heterocycles. The molecule has 0 aromatic heterocycles. The summed E-state index contributed by atoms with van der Waals surface area (Å²) in [5.41, 5.74) is 0. The Morgan fingerprint density at radius 3 is 2.57 bits per heavy atom. The lowest BCUT2D eigenvalue weighted by Crippen LogP contribution is -2.50. The predicted molar refractivity (Wildman–Crippen MR) is 49.5 cm³/mol. The van der Waals surface area contributed by atoms with Crippen LogP contribution in [0.25, 0.3) is 0 Å². The van der Waals surface area contributed by atoms with Crippen LogP contribution in [0.2, 0.25) is 0 Å². The van der Waals surface area contributed by atoms with E-state index in [9.17, 15) is 8.78 Å². The smallest absolute Gasteiger partial charge is 0.241 e. The molecule has 2 atom stereocenters. The number of rotatable bonds is 3. The van der Waals surface area contributed by atoms with Gasteiger partial charge in [-0.25, -0.2) is 8.78 Å². The molecule has 4 heteroatoms. The van der Waals surface area contributed by atoms with Crippen molar-refractivity contribution in [1.29, 1.82) is 0 Å². The summed E-state index contributed by atoms with van der Waals surface area (Å²) >= 11 is 0. The van der Waals surface area contributed by atoms with Gasteiger partial charge in [-0.2, -0.15) is 0 Å². The van der Waals surface area contributed by atoms with E-state index >= 15 is 0 Å². The van der Waals surface area contributed by atoms with E-state index in [1.807, 2.05) is 6.92 Å². The molecule has 2 aliphatic rings. The van der Waals surface area contributed by atoms with Crippen LogP contribution in [0.15, 0.2) is 0 Å². The highest BCUT2D eigenvalue weighted by atomic mass is 19.3. The Morgan fingerprint density at radius 1 is 1.36 bits per heavy atom. The number of alkyl halides is 2. The Hall–Kier alpha value is -0.220. The summed E-state index contributed by atoms with van der Waals surface area (Å²) in [7, 11) is 0. The lowest BCUT2D eigenvalue weighted by atomic mass is 9.80. The molecule has 1 aliphatic heterocycles. The zero-order chi connectivity index (χ0) is 10.1. The molecule has 0 aromatic carbocycles. The Kier molecular flexibility index (Phi) is 3.02. The minimum atomic E-state index is -2.13. The maximum Gasteiger partial charge on any atom is 0.241 e. The molecule has 0 spiro atoms. The highest BCUT2D eigenvalue weighted by molar-refractivity contribution is 4.91. The second-order valence-electron chi connectivity index (χ2n) is 4.40. The van der Waals surface area contributed by atoms with Crippen molar-refractivity contribution in [2.24, 2.45) is 5.92 Å². The Bertz CT molecular complexity index is 195. The van der Waals surface area contributed by atoms with Crippen LogP contribution in [-0.4, -0.2) is 31.2 Å². The molecule has 1 N–H and O–H groups in total. The maximum atomic E-state index is 12.2. The largest absolute Gasteiger partial charge is 0.377 e. The Labute approximate surface area is 83.0 Å². The van der Waals surface area contributed by atoms with Gasteiger partial charge in [0, 0.05) is 24.6 Å². The number of hydrogen-bond donors (Lipinski definition) is 1. The third-order valence-corrected chi connectivity index (χ3v) is 3.36. The fraction of sp³-hybridized carbons (Fsp3) is 1.00. The van der Waals surface area contributed by atoms with Crippen LogP contribution < -0.4 is 5.32 Å². The van der Waals surface area contributed by atoms with Gasteiger partial charge in [-0.1, -0.05) is 0 Å². The quantitative estimate of drug-likeness (QED) is 0.758. The van der Waals surface area contributed by atoms with Crippen molar-refractivity contribution in [3.63, 3.8) is 0 Å². The van der Waals surface area contributed by atoms with Gasteiger partial charge in [0.25, 0.3) is 0 Å². The van der Waals surface area contributed by atoms with Crippen LogP contribution in [0.4, 0.5) is 8.78 Å². The first-order chi connectivity index (χ1) is 6.66. The highest BCUT2D eigenvalue weighted by Crippen LogP contribution is 2.33. The molecule has 2 fully saturated rings. The van der Waals surface area contributed by atoms with Crippen LogP contribution in [0, 0.1) is 5.92 Å². The van der Waals surface area contributed by atoms with E-state index in [-0.39, 0.29) is 12.0 Å². The lowest BCUT2D eigenvalue weighted by molar-refractivity contribution is 0.0104. The van der Waals surface area contributed by atoms with Crippen molar-refractivity contribution in [2.75, 3.05) is 6.61 Å². The van der Waals surface area contributed by atoms with Crippen molar-refractivity contribution >= 4 is 0 Å². The van der Waals surface area contributed by atoms with Crippen LogP contribution in [0.5, 0.6) is 0 Å². The van der Waals surface area contributed by atoms with Gasteiger partial charge in [0.15, 0.2) is 0 Å². The Morgan fingerprint density at radius 2 is 2.07 bits per heavy atom. The van der Waals surface area contributed by atoms with Crippen LogP contribution in [0.1, 0.15) is 26.2 Å². The minimum Gasteiger partial charge on any atom is -0.377 e. The number of ether oxygens (including phenoxy) is 1. The van der Waals surface area contributed by atoms with Crippen LogP contribution in [0.3, 0.4) is 0 Å². The van der Waals surface area contributed by atoms with Crippen LogP contribution >= 0.6 is 0 Å². The minimum absolute atomic E-state index is 0.237. The molecule has 14 heavy (non-hydrogen) atoms. The second kappa shape index (κ2) is 4.11. The molecule has 1 saturated carbocycles. The van der Waals surface area contributed by atoms with Crippen molar-refractivity contribution in [3.8, 4) is 0 Å². The summed E-state index contributed by atoms with van der Waals surface area (Å²) in [6.45, 7) is 2.83. The molecular weight excluding hydrogens is 188 g/mol. The monoisotopic (exact) mass is 205 g/mol. The SMILES string of the molecule is CC1OCCC1NC1CC(C(F)F)C1. The highest BCUT2D eigenvalue weighted by Gasteiger charge is 2.37. The molecule has 1 saturated heterocycles. The third kappa shape index (κ3) is 2.06. The van der Waals surface area contributed by atoms with E-state index in [0.29, 0.717) is 24.9 Å². The van der Waals surface area contributed by atoms with Crippen molar-refractivity contribution < 1.29 is 13.5 Å². The Balaban J connectivity index is 1.68. The van der Waals surface area contributed by atoms with Crippen LogP contribution in [-0.2, 0) is 4.74 Å². The summed E-state index contributed by atoms with van der Waals surface area (Å²) in [5.74, 6) is -0.370. The third-order valence-electron chi connectivity index (χ3n) is 3.36. The van der Waals surface area contributed by atoms with E-state index in [1.54, 1.807) is 0 Å². The van der Waals surface area contributed by atoms with Gasteiger partial charge < -0.3 is 10.1 Å². The normalized spacial score (nSPS) is 42.9. The van der Waals surface area contributed by atoms with E-state index < -0.39 is 6.43 Å². The molecule has 2 rings (SSSR count). The molecule has 82 valence electrons. The van der Waals surface area contributed by atoms with Gasteiger partial charge in [-0.05, 0) is 26.2 Å². The number of hydrogen-bond acceptors (Lipinski definition) is 2. The fourth-order valence-corrected chi connectivity index (χ4v) is 2.26. The maximum absolute atomic E-state index is 12.2. The van der Waals surface area contributed by atoms with E-state index in [2.05, 4.69) is 5.32 Å². The van der Waals surface area contributed by atoms with E-state index in [4.69, 9.17) is 4.74 Å². The zero-order valence-electron chi connectivity index (χ0n) is 8.38. The first-order valence-electron chi connectivity index (χ1n) is 5.32. The van der Waals surface area contributed by atoms with Gasteiger partial charge in [0.05, 0.1) is 6.10 Å². The molecule has 0 aromatic rings. The second-order valence-corrected chi connectivity index (χ2v) is 4.40. The molecule has 2 nitrogen and oxygen atoms in total. The summed E-state index contributed by atoms with van der Waals surface area (Å²) in [4.78, 5) is 0. The molecule has 1 aliphatic carbocycles. The first kappa shape index (κ1) is 10.3. The topological polar surface area (TPSA) is 21.3 Å². The molecular formula is C10H17F2NO. The standard InChI is InChI=1S/C10H17F2NO/c1-6-9(2-3-14-6)13-8-4-7(5-8)10(11)12/h6-10,13H,2-5H2,1H3. The van der Waals surface area contributed by atoms with Gasteiger partial charge in [0.1, 0.15) is 0 Å². The van der Waals surface area contributed by atoms with E-state index in [0.717, 1.165) is 13.0 Å². The molecule has 0 amide bonds. The van der Waals surface area contributed by atoms with Gasteiger partial charge in [0.2, 0.25) is 6.43 Å². The average Bonchev–Trinajstić information content (AvgIpc) is 2.42. The first-order valence-corrected chi connectivity index (χ1v) is 5.32.